The van der Waals surface area contributed by atoms with Crippen molar-refractivity contribution < 1.29 is 18.7 Å². The molecule has 0 bridgehead atoms. The monoisotopic (exact) mass is 377 g/mol. The van der Waals surface area contributed by atoms with E-state index >= 15 is 0 Å². The number of carbonyl (C=O) groups excluding carboxylic acids is 2. The van der Waals surface area contributed by atoms with E-state index in [9.17, 15) is 14.0 Å². The molecule has 0 aliphatic carbocycles. The lowest BCUT2D eigenvalue weighted by molar-refractivity contribution is -0.132. The molecule has 2 aliphatic heterocycles. The van der Waals surface area contributed by atoms with E-state index in [-0.39, 0.29) is 30.1 Å². The number of methoxy groups -OCH3 is 1. The first-order chi connectivity index (χ1) is 13.1. The van der Waals surface area contributed by atoms with E-state index in [1.807, 2.05) is 4.90 Å². The zero-order chi connectivity index (χ0) is 19.2. The third kappa shape index (κ3) is 4.84. The molecule has 7 heteroatoms. The van der Waals surface area contributed by atoms with E-state index in [0.717, 1.165) is 25.9 Å². The normalized spacial score (nSPS) is 21.6. The molecule has 2 amide bonds. The van der Waals surface area contributed by atoms with Gasteiger partial charge in [-0.3, -0.25) is 14.5 Å². The zero-order valence-electron chi connectivity index (χ0n) is 15.9. The number of amides is 2. The largest absolute Gasteiger partial charge is 0.383 e. The lowest BCUT2D eigenvalue weighted by Gasteiger charge is -2.26. The van der Waals surface area contributed by atoms with Crippen LogP contribution in [0.2, 0.25) is 0 Å². The fourth-order valence-electron chi connectivity index (χ4n) is 3.90. The van der Waals surface area contributed by atoms with Crippen LogP contribution in [0.15, 0.2) is 24.3 Å². The van der Waals surface area contributed by atoms with Gasteiger partial charge in [-0.05, 0) is 24.5 Å². The maximum atomic E-state index is 13.8. The number of hydrogen-bond acceptors (Lipinski definition) is 4. The molecule has 2 saturated heterocycles. The number of hydrogen-bond donors (Lipinski definition) is 0. The van der Waals surface area contributed by atoms with Gasteiger partial charge in [0.25, 0.3) is 0 Å². The highest BCUT2D eigenvalue weighted by Crippen LogP contribution is 2.19. The summed E-state index contributed by atoms with van der Waals surface area (Å²) in [5, 5.41) is 0. The van der Waals surface area contributed by atoms with Gasteiger partial charge < -0.3 is 14.5 Å². The molecule has 0 aromatic heterocycles. The minimum absolute atomic E-state index is 0.0542. The van der Waals surface area contributed by atoms with Crippen molar-refractivity contribution in [1.82, 2.24) is 14.7 Å². The van der Waals surface area contributed by atoms with Gasteiger partial charge in [0.15, 0.2) is 0 Å². The second-order valence-electron chi connectivity index (χ2n) is 7.16. The number of rotatable bonds is 6. The maximum absolute atomic E-state index is 13.8. The van der Waals surface area contributed by atoms with Crippen LogP contribution < -0.4 is 0 Å². The summed E-state index contributed by atoms with van der Waals surface area (Å²) in [5.74, 6) is -0.227. The van der Waals surface area contributed by atoms with Crippen LogP contribution >= 0.6 is 0 Å². The highest BCUT2D eigenvalue weighted by Gasteiger charge is 2.36. The van der Waals surface area contributed by atoms with Crippen LogP contribution in [-0.4, -0.2) is 85.5 Å². The molecule has 2 heterocycles. The number of nitrogens with zero attached hydrogens (tertiary/aromatic N) is 3. The van der Waals surface area contributed by atoms with E-state index in [4.69, 9.17) is 4.74 Å². The van der Waals surface area contributed by atoms with Crippen molar-refractivity contribution in [3.63, 3.8) is 0 Å². The summed E-state index contributed by atoms with van der Waals surface area (Å²) < 4.78 is 18.9. The number of likely N-dealkylation sites (tertiary alicyclic amines) is 1. The second-order valence-corrected chi connectivity index (χ2v) is 7.16. The van der Waals surface area contributed by atoms with E-state index in [1.165, 1.54) is 6.07 Å². The SMILES string of the molecule is COCCN1CCC(N2CCCN(C(=O)Cc3ccccc3F)CC2)C1=O. The van der Waals surface area contributed by atoms with Crippen LogP contribution in [0.4, 0.5) is 4.39 Å². The van der Waals surface area contributed by atoms with Crippen molar-refractivity contribution in [3.05, 3.63) is 35.6 Å². The fourth-order valence-corrected chi connectivity index (χ4v) is 3.90. The van der Waals surface area contributed by atoms with Crippen LogP contribution in [-0.2, 0) is 20.7 Å². The minimum atomic E-state index is -0.338. The Morgan fingerprint density at radius 3 is 2.78 bits per heavy atom. The Balaban J connectivity index is 1.54. The van der Waals surface area contributed by atoms with E-state index in [1.54, 1.807) is 30.2 Å². The van der Waals surface area contributed by atoms with Crippen molar-refractivity contribution in [1.29, 1.82) is 0 Å². The molecular formula is C20H28FN3O3. The van der Waals surface area contributed by atoms with Crippen LogP contribution in [0.5, 0.6) is 0 Å². The van der Waals surface area contributed by atoms with E-state index < -0.39 is 0 Å². The third-order valence-corrected chi connectivity index (χ3v) is 5.46. The first kappa shape index (κ1) is 19.8. The lowest BCUT2D eigenvalue weighted by atomic mass is 10.1. The van der Waals surface area contributed by atoms with Gasteiger partial charge in [-0.25, -0.2) is 4.39 Å². The summed E-state index contributed by atoms with van der Waals surface area (Å²) >= 11 is 0. The van der Waals surface area contributed by atoms with Crippen molar-refractivity contribution >= 4 is 11.8 Å². The van der Waals surface area contributed by atoms with Gasteiger partial charge in [0, 0.05) is 46.4 Å². The predicted octanol–water partition coefficient (Wildman–Crippen LogP) is 1.15. The minimum Gasteiger partial charge on any atom is -0.383 e. The van der Waals surface area contributed by atoms with E-state index in [0.29, 0.717) is 38.3 Å². The Bertz CT molecular complexity index is 670. The molecule has 1 unspecified atom stereocenters. The molecule has 3 rings (SSSR count). The van der Waals surface area contributed by atoms with Gasteiger partial charge in [-0.2, -0.15) is 0 Å². The predicted molar refractivity (Wildman–Crippen MR) is 99.7 cm³/mol. The van der Waals surface area contributed by atoms with Crippen molar-refractivity contribution in [3.8, 4) is 0 Å². The highest BCUT2D eigenvalue weighted by molar-refractivity contribution is 5.84. The summed E-state index contributed by atoms with van der Waals surface area (Å²) in [4.78, 5) is 31.1. The standard InChI is InChI=1S/C20H28FN3O3/c1-27-14-13-24-10-7-18(20(24)26)22-8-4-9-23(12-11-22)19(25)15-16-5-2-3-6-17(16)21/h2-3,5-6,18H,4,7-15H2,1H3. The van der Waals surface area contributed by atoms with Crippen molar-refractivity contribution in [2.24, 2.45) is 0 Å². The molecule has 0 radical (unpaired) electrons. The molecule has 0 N–H and O–H groups in total. The molecule has 1 aromatic carbocycles. The topological polar surface area (TPSA) is 53.1 Å². The molecule has 0 saturated carbocycles. The van der Waals surface area contributed by atoms with Crippen LogP contribution in [0.3, 0.4) is 0 Å². The van der Waals surface area contributed by atoms with Gasteiger partial charge >= 0.3 is 0 Å². The molecule has 1 aromatic rings. The number of benzene rings is 1. The van der Waals surface area contributed by atoms with Crippen LogP contribution in [0, 0.1) is 5.82 Å². The van der Waals surface area contributed by atoms with Crippen molar-refractivity contribution in [2.75, 3.05) is 53.0 Å². The zero-order valence-corrected chi connectivity index (χ0v) is 15.9. The summed E-state index contributed by atoms with van der Waals surface area (Å²) in [7, 11) is 1.64. The molecule has 1 atom stereocenters. The number of halogens is 1. The molecule has 2 fully saturated rings. The lowest BCUT2D eigenvalue weighted by Crippen LogP contribution is -2.44. The van der Waals surface area contributed by atoms with Gasteiger partial charge in [0.1, 0.15) is 5.82 Å². The molecule has 0 spiro atoms. The molecule has 148 valence electrons. The smallest absolute Gasteiger partial charge is 0.240 e. The van der Waals surface area contributed by atoms with Crippen LogP contribution in [0.1, 0.15) is 18.4 Å². The number of carbonyl (C=O) groups is 2. The molecule has 6 nitrogen and oxygen atoms in total. The van der Waals surface area contributed by atoms with E-state index in [2.05, 4.69) is 4.90 Å². The maximum Gasteiger partial charge on any atom is 0.240 e. The van der Waals surface area contributed by atoms with Gasteiger partial charge in [0.05, 0.1) is 19.1 Å². The molecule has 27 heavy (non-hydrogen) atoms. The fraction of sp³-hybridized carbons (Fsp3) is 0.600. The summed E-state index contributed by atoms with van der Waals surface area (Å²) in [6.07, 6.45) is 1.73. The highest BCUT2D eigenvalue weighted by atomic mass is 19.1. The Morgan fingerprint density at radius 1 is 1.19 bits per heavy atom. The Labute approximate surface area is 159 Å². The van der Waals surface area contributed by atoms with Gasteiger partial charge in [-0.15, -0.1) is 0 Å². The average Bonchev–Trinajstić information content (AvgIpc) is 2.87. The first-order valence-corrected chi connectivity index (χ1v) is 9.63. The quantitative estimate of drug-likeness (QED) is 0.746. The van der Waals surface area contributed by atoms with Gasteiger partial charge in [-0.1, -0.05) is 18.2 Å². The first-order valence-electron chi connectivity index (χ1n) is 9.63. The molecule has 2 aliphatic rings. The summed E-state index contributed by atoms with van der Waals surface area (Å²) in [6, 6.07) is 6.32. The Hall–Kier alpha value is -1.99. The van der Waals surface area contributed by atoms with Crippen LogP contribution in [0.25, 0.3) is 0 Å². The summed E-state index contributed by atoms with van der Waals surface area (Å²) in [5.41, 5.74) is 0.434. The summed E-state index contributed by atoms with van der Waals surface area (Å²) in [6.45, 7) is 4.66. The van der Waals surface area contributed by atoms with Crippen molar-refractivity contribution in [2.45, 2.75) is 25.3 Å². The number of ether oxygens (including phenoxy) is 1. The molecular weight excluding hydrogens is 349 g/mol. The third-order valence-electron chi connectivity index (χ3n) is 5.46. The second kappa shape index (κ2) is 9.28. The average molecular weight is 377 g/mol. The Morgan fingerprint density at radius 2 is 2.00 bits per heavy atom. The Kier molecular flexibility index (Phi) is 6.79. The van der Waals surface area contributed by atoms with Gasteiger partial charge in [0.2, 0.25) is 11.8 Å².